The first kappa shape index (κ1) is 12.4. The van der Waals surface area contributed by atoms with Crippen molar-refractivity contribution in [1.82, 2.24) is 4.57 Å². The van der Waals surface area contributed by atoms with Gasteiger partial charge in [-0.1, -0.05) is 50.2 Å². The molecule has 1 aliphatic rings. The fourth-order valence-electron chi connectivity index (χ4n) is 3.51. The van der Waals surface area contributed by atoms with Crippen molar-refractivity contribution >= 4 is 16.7 Å². The molecule has 104 valence electrons. The van der Waals surface area contributed by atoms with E-state index in [0.29, 0.717) is 0 Å². The van der Waals surface area contributed by atoms with Crippen molar-refractivity contribution in [3.63, 3.8) is 0 Å². The molecule has 0 aliphatic heterocycles. The molecule has 2 unspecified atom stereocenters. The highest BCUT2D eigenvalue weighted by Gasteiger charge is 2.39. The second-order valence-corrected chi connectivity index (χ2v) is 5.89. The Morgan fingerprint density at radius 1 is 0.857 bits per heavy atom. The van der Waals surface area contributed by atoms with Crippen molar-refractivity contribution < 1.29 is 4.79 Å². The lowest BCUT2D eigenvalue weighted by Crippen LogP contribution is -2.11. The average molecular weight is 275 g/mol. The largest absolute Gasteiger partial charge is 0.306 e. The van der Waals surface area contributed by atoms with Crippen molar-refractivity contribution in [1.29, 1.82) is 0 Å². The first-order valence-electron chi connectivity index (χ1n) is 7.43. The van der Waals surface area contributed by atoms with Crippen LogP contribution in [-0.2, 0) is 0 Å². The zero-order chi connectivity index (χ0) is 14.6. The second kappa shape index (κ2) is 4.32. The van der Waals surface area contributed by atoms with Crippen LogP contribution in [0.5, 0.6) is 0 Å². The summed E-state index contributed by atoms with van der Waals surface area (Å²) >= 11 is 0. The normalized spacial score (nSPS) is 21.0. The summed E-state index contributed by atoms with van der Waals surface area (Å²) in [5.74, 6) is 0.606. The number of rotatable bonds is 1. The summed E-state index contributed by atoms with van der Waals surface area (Å²) in [6.07, 6.45) is 0. The van der Waals surface area contributed by atoms with Crippen molar-refractivity contribution in [2.45, 2.75) is 19.8 Å². The fraction of sp³-hybridized carbons (Fsp3) is 0.211. The molecule has 2 aromatic carbocycles. The maximum absolute atomic E-state index is 12.7. The van der Waals surface area contributed by atoms with Crippen LogP contribution in [0.3, 0.4) is 0 Å². The van der Waals surface area contributed by atoms with E-state index in [4.69, 9.17) is 0 Å². The molecule has 1 aliphatic carbocycles. The van der Waals surface area contributed by atoms with Crippen LogP contribution in [0.15, 0.2) is 54.6 Å². The molecule has 4 rings (SSSR count). The van der Waals surface area contributed by atoms with Crippen LogP contribution in [0.25, 0.3) is 16.6 Å². The van der Waals surface area contributed by atoms with Gasteiger partial charge in [-0.2, -0.15) is 0 Å². The Kier molecular flexibility index (Phi) is 2.55. The Hall–Kier alpha value is -2.35. The van der Waals surface area contributed by atoms with Gasteiger partial charge >= 0.3 is 0 Å². The molecule has 0 saturated heterocycles. The van der Waals surface area contributed by atoms with Gasteiger partial charge in [0.25, 0.3) is 0 Å². The number of hydrogen-bond acceptors (Lipinski definition) is 1. The summed E-state index contributed by atoms with van der Waals surface area (Å²) < 4.78 is 2.13. The zero-order valence-corrected chi connectivity index (χ0v) is 12.2. The van der Waals surface area contributed by atoms with Crippen LogP contribution in [0.4, 0.5) is 0 Å². The molecule has 2 atom stereocenters. The minimum atomic E-state index is 0.0644. The summed E-state index contributed by atoms with van der Waals surface area (Å²) in [6, 6.07) is 18.5. The highest BCUT2D eigenvalue weighted by atomic mass is 16.1. The maximum atomic E-state index is 12.7. The third-order valence-electron chi connectivity index (χ3n) is 4.78. The molecule has 1 heterocycles. The van der Waals surface area contributed by atoms with E-state index in [1.807, 2.05) is 31.2 Å². The van der Waals surface area contributed by atoms with Crippen molar-refractivity contribution in [3.8, 4) is 5.69 Å². The number of nitrogens with zero attached hydrogens (tertiary/aromatic N) is 1. The molecule has 21 heavy (non-hydrogen) atoms. The number of fused-ring (bicyclic) bond motifs is 3. The third-order valence-corrected chi connectivity index (χ3v) is 4.78. The van der Waals surface area contributed by atoms with Crippen molar-refractivity contribution in [2.24, 2.45) is 5.92 Å². The van der Waals surface area contributed by atoms with E-state index in [1.54, 1.807) is 0 Å². The summed E-state index contributed by atoms with van der Waals surface area (Å²) in [5.41, 5.74) is 4.28. The van der Waals surface area contributed by atoms with Crippen LogP contribution < -0.4 is 0 Å². The highest BCUT2D eigenvalue weighted by Crippen LogP contribution is 2.44. The van der Waals surface area contributed by atoms with E-state index in [1.165, 1.54) is 10.9 Å². The quantitative estimate of drug-likeness (QED) is 0.638. The number of carbonyl (C=O) groups is 1. The van der Waals surface area contributed by atoms with Crippen LogP contribution in [0.2, 0.25) is 0 Å². The Bertz CT molecular complexity index is 845. The smallest absolute Gasteiger partial charge is 0.183 e. The predicted octanol–water partition coefficient (Wildman–Crippen LogP) is 4.57. The van der Waals surface area contributed by atoms with Crippen LogP contribution >= 0.6 is 0 Å². The van der Waals surface area contributed by atoms with Gasteiger partial charge in [0.2, 0.25) is 0 Å². The fourth-order valence-corrected chi connectivity index (χ4v) is 3.51. The van der Waals surface area contributed by atoms with Crippen molar-refractivity contribution in [3.05, 3.63) is 65.9 Å². The Morgan fingerprint density at radius 3 is 2.29 bits per heavy atom. The highest BCUT2D eigenvalue weighted by molar-refractivity contribution is 6.09. The Morgan fingerprint density at radius 2 is 1.52 bits per heavy atom. The van der Waals surface area contributed by atoms with Crippen molar-refractivity contribution in [2.75, 3.05) is 0 Å². The molecule has 1 aromatic heterocycles. The van der Waals surface area contributed by atoms with Gasteiger partial charge in [-0.15, -0.1) is 0 Å². The van der Waals surface area contributed by atoms with Gasteiger partial charge in [-0.3, -0.25) is 4.79 Å². The number of aromatic nitrogens is 1. The number of benzene rings is 2. The van der Waals surface area contributed by atoms with Gasteiger partial charge in [0.1, 0.15) is 0 Å². The van der Waals surface area contributed by atoms with Gasteiger partial charge in [0.05, 0.1) is 11.2 Å². The van der Waals surface area contributed by atoms with E-state index >= 15 is 0 Å². The van der Waals surface area contributed by atoms with Crippen LogP contribution in [0, 0.1) is 5.92 Å². The summed E-state index contributed by atoms with van der Waals surface area (Å²) in [5, 5.41) is 1.21. The van der Waals surface area contributed by atoms with E-state index in [9.17, 15) is 4.79 Å². The molecule has 0 N–H and O–H groups in total. The molecule has 2 nitrogen and oxygen atoms in total. The van der Waals surface area contributed by atoms with Gasteiger partial charge in [-0.25, -0.2) is 0 Å². The summed E-state index contributed by atoms with van der Waals surface area (Å²) in [7, 11) is 0. The molecule has 0 bridgehead atoms. The first-order chi connectivity index (χ1) is 10.2. The lowest BCUT2D eigenvalue weighted by atomic mass is 9.94. The lowest BCUT2D eigenvalue weighted by Gasteiger charge is -2.11. The zero-order valence-electron chi connectivity index (χ0n) is 12.2. The number of hydrogen-bond donors (Lipinski definition) is 0. The minimum Gasteiger partial charge on any atom is -0.306 e. The minimum absolute atomic E-state index is 0.0644. The predicted molar refractivity (Wildman–Crippen MR) is 85.2 cm³/mol. The Labute approximate surface area is 124 Å². The van der Waals surface area contributed by atoms with Gasteiger partial charge < -0.3 is 4.57 Å². The number of ketones is 1. The van der Waals surface area contributed by atoms with E-state index < -0.39 is 0 Å². The molecule has 0 spiro atoms. The molecule has 0 radical (unpaired) electrons. The molecule has 0 saturated carbocycles. The topological polar surface area (TPSA) is 22.0 Å². The number of Topliss-reactive ketones (excluding diaryl/α,β-unsaturated/α-hetero) is 1. The first-order valence-corrected chi connectivity index (χ1v) is 7.43. The molecular weight excluding hydrogens is 258 g/mol. The molecular formula is C19H17NO. The number of carbonyl (C=O) groups excluding carboxylic acids is 1. The lowest BCUT2D eigenvalue weighted by molar-refractivity contribution is 0.0931. The van der Waals surface area contributed by atoms with Gasteiger partial charge in [-0.05, 0) is 29.7 Å². The molecule has 0 fully saturated rings. The van der Waals surface area contributed by atoms with Gasteiger partial charge in [0, 0.05) is 17.0 Å². The molecule has 3 aromatic rings. The summed E-state index contributed by atoms with van der Waals surface area (Å²) in [4.78, 5) is 12.7. The number of para-hydroxylation sites is 2. The SMILES string of the molecule is CC1C(=O)c2c(c3ccccc3n2-c2ccccc2)C1C. The molecule has 0 amide bonds. The maximum Gasteiger partial charge on any atom is 0.183 e. The summed E-state index contributed by atoms with van der Waals surface area (Å²) in [6.45, 7) is 4.20. The second-order valence-electron chi connectivity index (χ2n) is 5.89. The van der Waals surface area contributed by atoms with E-state index in [0.717, 1.165) is 16.9 Å². The van der Waals surface area contributed by atoms with Crippen LogP contribution in [-0.4, -0.2) is 10.4 Å². The molecule has 2 heteroatoms. The standard InChI is InChI=1S/C19H17NO/c1-12-13(2)19(21)18-17(12)15-10-6-7-11-16(15)20(18)14-8-4-3-5-9-14/h3-13H,1-2H3. The third kappa shape index (κ3) is 1.56. The average Bonchev–Trinajstić information content (AvgIpc) is 2.98. The Balaban J connectivity index is 2.15. The monoisotopic (exact) mass is 275 g/mol. The van der Waals surface area contributed by atoms with Gasteiger partial charge in [0.15, 0.2) is 5.78 Å². The van der Waals surface area contributed by atoms with Crippen LogP contribution in [0.1, 0.15) is 35.8 Å². The van der Waals surface area contributed by atoms with E-state index in [-0.39, 0.29) is 17.6 Å². The van der Waals surface area contributed by atoms with E-state index in [2.05, 4.69) is 41.8 Å².